The zero-order valence-corrected chi connectivity index (χ0v) is 49.9. The summed E-state index contributed by atoms with van der Waals surface area (Å²) in [5.74, 6) is -0.258. The van der Waals surface area contributed by atoms with E-state index in [1.807, 2.05) is 6.08 Å². The lowest BCUT2D eigenvalue weighted by Crippen LogP contribution is -2.61. The Morgan fingerprint density at radius 3 is 1.18 bits per heavy atom. The van der Waals surface area contributed by atoms with Gasteiger partial charge in [0.2, 0.25) is 5.91 Å². The molecular weight excluding hydrogens is 979 g/mol. The number of rotatable bonds is 57. The highest BCUT2D eigenvalue weighted by Crippen LogP contribution is 2.26. The van der Waals surface area contributed by atoms with Gasteiger partial charge < -0.3 is 35.2 Å². The normalized spacial score (nSPS) is 19.1. The predicted octanol–water partition coefficient (Wildman–Crippen LogP) is 16.0. The maximum absolute atomic E-state index is 13.2. The Hall–Kier alpha value is -1.42. The third-order valence-electron chi connectivity index (χ3n) is 15.5. The molecule has 0 bridgehead atoms. The molecule has 0 radical (unpaired) electrons. The largest absolute Gasteiger partial charge is 0.397 e. The van der Waals surface area contributed by atoms with Crippen LogP contribution in [0.2, 0.25) is 0 Å². The molecule has 1 amide bonds. The highest BCUT2D eigenvalue weighted by molar-refractivity contribution is 7.80. The van der Waals surface area contributed by atoms with Crippen LogP contribution < -0.4 is 5.32 Å². The number of carbonyl (C=O) groups is 1. The van der Waals surface area contributed by atoms with Crippen molar-refractivity contribution < 1.29 is 51.8 Å². The standard InChI is InChI=1S/C63H121NO11S/c1-3-5-7-9-11-13-15-17-19-21-23-25-27-28-29-30-31-33-35-37-39-41-43-45-47-49-51-53-59(67)64-56(55-73-63-61(69)62(75-76(70,71)72)60(68)58(54-65)74-63)57(66)52-50-48-46-44-42-40-38-36-34-32-26-24-22-20-18-16-14-12-10-8-6-4-2/h28-29,50,52,56-58,60-63,65-66,68-69H,3-27,30-49,51,53-55H2,1-2H3,(H,64,67)(H,70,71,72)/b29-28-,52-50+. The molecule has 450 valence electrons. The highest BCUT2D eigenvalue weighted by atomic mass is 32.3. The Kier molecular flexibility index (Phi) is 50.6. The maximum atomic E-state index is 13.2. The number of aliphatic hydroxyl groups excluding tert-OH is 4. The van der Waals surface area contributed by atoms with Crippen molar-refractivity contribution in [1.29, 1.82) is 0 Å². The molecule has 1 fully saturated rings. The van der Waals surface area contributed by atoms with E-state index in [-0.39, 0.29) is 18.9 Å². The van der Waals surface area contributed by atoms with Crippen molar-refractivity contribution in [2.45, 2.75) is 358 Å². The van der Waals surface area contributed by atoms with Gasteiger partial charge >= 0.3 is 10.4 Å². The summed E-state index contributed by atoms with van der Waals surface area (Å²) in [6.07, 6.45) is 58.0. The van der Waals surface area contributed by atoms with Crippen LogP contribution in [-0.4, -0.2) is 95.4 Å². The molecule has 0 saturated carbocycles. The summed E-state index contributed by atoms with van der Waals surface area (Å²) in [5, 5.41) is 45.1. The van der Waals surface area contributed by atoms with Gasteiger partial charge in [-0.15, -0.1) is 0 Å². The van der Waals surface area contributed by atoms with Crippen LogP contribution in [0.1, 0.15) is 316 Å². The van der Waals surface area contributed by atoms with Crippen LogP contribution in [0, 0.1) is 0 Å². The number of hydrogen-bond acceptors (Lipinski definition) is 10. The minimum atomic E-state index is -5.09. The van der Waals surface area contributed by atoms with Gasteiger partial charge in [0.05, 0.1) is 25.4 Å². The molecular formula is C63H121NO11S. The Labute approximate surface area is 467 Å². The molecule has 0 aromatic carbocycles. The molecule has 7 unspecified atom stereocenters. The topological polar surface area (TPSA) is 192 Å². The van der Waals surface area contributed by atoms with Crippen molar-refractivity contribution in [3.05, 3.63) is 24.3 Å². The van der Waals surface area contributed by atoms with E-state index in [9.17, 15) is 38.2 Å². The third kappa shape index (κ3) is 44.3. The summed E-state index contributed by atoms with van der Waals surface area (Å²) in [4.78, 5) is 13.2. The molecule has 6 N–H and O–H groups in total. The van der Waals surface area contributed by atoms with E-state index in [4.69, 9.17) is 9.47 Å². The number of allylic oxidation sites excluding steroid dienone is 3. The summed E-state index contributed by atoms with van der Waals surface area (Å²) in [5.41, 5.74) is 0. The van der Waals surface area contributed by atoms with E-state index in [0.717, 1.165) is 38.5 Å². The molecule has 12 nitrogen and oxygen atoms in total. The lowest BCUT2D eigenvalue weighted by molar-refractivity contribution is -0.298. The molecule has 76 heavy (non-hydrogen) atoms. The summed E-state index contributed by atoms with van der Waals surface area (Å²) in [6, 6.07) is -0.944. The Bertz CT molecular complexity index is 1430. The maximum Gasteiger partial charge on any atom is 0.397 e. The average Bonchev–Trinajstić information content (AvgIpc) is 3.40. The van der Waals surface area contributed by atoms with Crippen molar-refractivity contribution in [3.8, 4) is 0 Å². The van der Waals surface area contributed by atoms with Crippen molar-refractivity contribution >= 4 is 16.3 Å². The summed E-state index contributed by atoms with van der Waals surface area (Å²) in [7, 11) is -5.09. The number of carbonyl (C=O) groups excluding carboxylic acids is 1. The average molecular weight is 1100 g/mol. The van der Waals surface area contributed by atoms with Gasteiger partial charge in [-0.1, -0.05) is 289 Å². The molecule has 7 atom stereocenters. The molecule has 1 rings (SSSR count). The quantitative estimate of drug-likeness (QED) is 0.0193. The molecule has 1 heterocycles. The lowest BCUT2D eigenvalue weighted by atomic mass is 9.99. The predicted molar refractivity (Wildman–Crippen MR) is 315 cm³/mol. The fourth-order valence-electron chi connectivity index (χ4n) is 10.5. The van der Waals surface area contributed by atoms with Crippen LogP contribution in [0.4, 0.5) is 0 Å². The molecule has 0 spiro atoms. The number of unbranched alkanes of at least 4 members (excludes halogenated alkanes) is 43. The van der Waals surface area contributed by atoms with E-state index >= 15 is 0 Å². The number of aliphatic hydroxyl groups is 4. The first-order valence-electron chi connectivity index (χ1n) is 32.2. The van der Waals surface area contributed by atoms with Crippen molar-refractivity contribution in [2.75, 3.05) is 13.2 Å². The first-order valence-corrected chi connectivity index (χ1v) is 33.6. The summed E-state index contributed by atoms with van der Waals surface area (Å²) < 4.78 is 48.0. The summed E-state index contributed by atoms with van der Waals surface area (Å²) >= 11 is 0. The zero-order chi connectivity index (χ0) is 55.4. The Morgan fingerprint density at radius 1 is 0.513 bits per heavy atom. The van der Waals surface area contributed by atoms with E-state index in [1.165, 1.54) is 250 Å². The second kappa shape index (κ2) is 52.9. The molecule has 0 aromatic heterocycles. The first-order chi connectivity index (χ1) is 37.0. The van der Waals surface area contributed by atoms with Crippen LogP contribution in [0.3, 0.4) is 0 Å². The van der Waals surface area contributed by atoms with Crippen LogP contribution in [-0.2, 0) is 28.9 Å². The zero-order valence-electron chi connectivity index (χ0n) is 49.1. The van der Waals surface area contributed by atoms with Gasteiger partial charge in [-0.05, 0) is 44.9 Å². The first kappa shape index (κ1) is 72.6. The van der Waals surface area contributed by atoms with Crippen molar-refractivity contribution in [1.82, 2.24) is 5.32 Å². The van der Waals surface area contributed by atoms with Crippen LogP contribution in [0.15, 0.2) is 24.3 Å². The number of hydrogen-bond donors (Lipinski definition) is 6. The van der Waals surface area contributed by atoms with Crippen molar-refractivity contribution in [3.63, 3.8) is 0 Å². The lowest BCUT2D eigenvalue weighted by Gasteiger charge is -2.41. The second-order valence-electron chi connectivity index (χ2n) is 22.7. The van der Waals surface area contributed by atoms with E-state index < -0.39 is 59.9 Å². The molecule has 0 aromatic rings. The van der Waals surface area contributed by atoms with Gasteiger partial charge in [-0.25, -0.2) is 4.18 Å². The van der Waals surface area contributed by atoms with E-state index in [2.05, 4.69) is 35.5 Å². The van der Waals surface area contributed by atoms with Gasteiger partial charge in [-0.2, -0.15) is 8.42 Å². The molecule has 0 aliphatic carbocycles. The van der Waals surface area contributed by atoms with Gasteiger partial charge in [-0.3, -0.25) is 9.35 Å². The number of nitrogens with one attached hydrogen (secondary N) is 1. The van der Waals surface area contributed by atoms with Gasteiger partial charge in [0.15, 0.2) is 6.29 Å². The second-order valence-corrected chi connectivity index (χ2v) is 23.8. The number of ether oxygens (including phenoxy) is 2. The molecule has 13 heteroatoms. The smallest absolute Gasteiger partial charge is 0.394 e. The molecule has 1 aliphatic heterocycles. The molecule has 1 aliphatic rings. The SMILES string of the molecule is CCCCCCCCCCCCCC/C=C\CCCCCCCCCCCCCC(=O)NC(COC1OC(CO)C(O)C(OS(=O)(=O)O)C1O)C(O)/C=C/CCCCCCCCCCCCCCCCCCCCCC. The van der Waals surface area contributed by atoms with E-state index in [1.54, 1.807) is 6.08 Å². The highest BCUT2D eigenvalue weighted by Gasteiger charge is 2.48. The minimum absolute atomic E-state index is 0.258. The van der Waals surface area contributed by atoms with Gasteiger partial charge in [0.25, 0.3) is 0 Å². The Morgan fingerprint density at radius 2 is 0.842 bits per heavy atom. The fraction of sp³-hybridized carbons (Fsp3) is 0.921. The van der Waals surface area contributed by atoms with Crippen LogP contribution in [0.5, 0.6) is 0 Å². The molecule has 1 saturated heterocycles. The van der Waals surface area contributed by atoms with Gasteiger partial charge in [0.1, 0.15) is 24.4 Å². The Balaban J connectivity index is 2.31. The minimum Gasteiger partial charge on any atom is -0.394 e. The van der Waals surface area contributed by atoms with Crippen molar-refractivity contribution in [2.24, 2.45) is 0 Å². The fourth-order valence-corrected chi connectivity index (χ4v) is 11.0. The summed E-state index contributed by atoms with van der Waals surface area (Å²) in [6.45, 7) is 3.45. The van der Waals surface area contributed by atoms with Gasteiger partial charge in [0, 0.05) is 6.42 Å². The monoisotopic (exact) mass is 1100 g/mol. The number of amides is 1. The van der Waals surface area contributed by atoms with E-state index in [0.29, 0.717) is 6.42 Å². The van der Waals surface area contributed by atoms with Crippen LogP contribution >= 0.6 is 0 Å². The third-order valence-corrected chi connectivity index (χ3v) is 15.9. The van der Waals surface area contributed by atoms with Crippen LogP contribution in [0.25, 0.3) is 0 Å².